The standard InChI is InChI=1S/C21H33N3O3/c1-16(2)15-27-18-14-19(25)24-11-6-4-5-8-17(24)20(18)21(26)23-10-7-9-22(3)12-13-23/h14,16H,4-13,15H2,1-3H3. The summed E-state index contributed by atoms with van der Waals surface area (Å²) in [6.45, 7) is 8.71. The summed E-state index contributed by atoms with van der Waals surface area (Å²) >= 11 is 0. The minimum absolute atomic E-state index is 0.0229. The summed E-state index contributed by atoms with van der Waals surface area (Å²) in [6, 6.07) is 1.54. The minimum atomic E-state index is -0.0437. The molecule has 0 aliphatic carbocycles. The molecule has 150 valence electrons. The highest BCUT2D eigenvalue weighted by Crippen LogP contribution is 2.27. The van der Waals surface area contributed by atoms with Crippen molar-refractivity contribution in [2.45, 2.75) is 52.5 Å². The Labute approximate surface area is 162 Å². The fourth-order valence-electron chi connectivity index (χ4n) is 3.92. The monoisotopic (exact) mass is 375 g/mol. The largest absolute Gasteiger partial charge is 0.492 e. The summed E-state index contributed by atoms with van der Waals surface area (Å²) in [6.07, 6.45) is 4.82. The Balaban J connectivity index is 2.01. The number of fused-ring (bicyclic) bond motifs is 1. The Hall–Kier alpha value is -1.82. The third-order valence-electron chi connectivity index (χ3n) is 5.47. The minimum Gasteiger partial charge on any atom is -0.492 e. The van der Waals surface area contributed by atoms with E-state index < -0.39 is 0 Å². The number of carbonyl (C=O) groups excluding carboxylic acids is 1. The van der Waals surface area contributed by atoms with Gasteiger partial charge in [0, 0.05) is 37.9 Å². The molecule has 3 heterocycles. The van der Waals surface area contributed by atoms with E-state index in [0.29, 0.717) is 30.4 Å². The highest BCUT2D eigenvalue weighted by molar-refractivity contribution is 5.98. The second-order valence-corrected chi connectivity index (χ2v) is 8.28. The van der Waals surface area contributed by atoms with Crippen LogP contribution in [0.15, 0.2) is 10.9 Å². The second-order valence-electron chi connectivity index (χ2n) is 8.28. The normalized spacial score (nSPS) is 18.7. The molecule has 2 aliphatic rings. The molecule has 1 aromatic rings. The van der Waals surface area contributed by atoms with Gasteiger partial charge in [-0.3, -0.25) is 9.59 Å². The molecule has 1 amide bonds. The van der Waals surface area contributed by atoms with Gasteiger partial charge in [-0.2, -0.15) is 0 Å². The molecule has 0 spiro atoms. The number of amides is 1. The summed E-state index contributed by atoms with van der Waals surface area (Å²) in [5.74, 6) is 0.834. The van der Waals surface area contributed by atoms with Crippen LogP contribution in [0.2, 0.25) is 0 Å². The van der Waals surface area contributed by atoms with Crippen molar-refractivity contribution >= 4 is 5.91 Å². The van der Waals surface area contributed by atoms with Crippen molar-refractivity contribution < 1.29 is 9.53 Å². The molecule has 0 saturated carbocycles. The molecule has 1 saturated heterocycles. The molecule has 0 unspecified atom stereocenters. The Morgan fingerprint density at radius 1 is 1.07 bits per heavy atom. The van der Waals surface area contributed by atoms with E-state index in [4.69, 9.17) is 4.74 Å². The highest BCUT2D eigenvalue weighted by Gasteiger charge is 2.28. The number of nitrogens with zero attached hydrogens (tertiary/aromatic N) is 3. The van der Waals surface area contributed by atoms with Crippen LogP contribution in [0, 0.1) is 5.92 Å². The maximum atomic E-state index is 13.5. The molecule has 3 rings (SSSR count). The maximum Gasteiger partial charge on any atom is 0.259 e. The van der Waals surface area contributed by atoms with E-state index in [1.54, 1.807) is 0 Å². The lowest BCUT2D eigenvalue weighted by atomic mass is 10.1. The van der Waals surface area contributed by atoms with Crippen molar-refractivity contribution in [1.82, 2.24) is 14.4 Å². The molecular formula is C21H33N3O3. The Bertz CT molecular complexity index is 726. The van der Waals surface area contributed by atoms with E-state index in [9.17, 15) is 9.59 Å². The van der Waals surface area contributed by atoms with Crippen LogP contribution in [0.3, 0.4) is 0 Å². The zero-order valence-electron chi connectivity index (χ0n) is 17.0. The quantitative estimate of drug-likeness (QED) is 0.811. The van der Waals surface area contributed by atoms with Crippen molar-refractivity contribution in [2.24, 2.45) is 5.92 Å². The van der Waals surface area contributed by atoms with Crippen molar-refractivity contribution in [3.63, 3.8) is 0 Å². The number of ether oxygens (including phenoxy) is 1. The second kappa shape index (κ2) is 8.91. The first-order valence-corrected chi connectivity index (χ1v) is 10.3. The molecule has 6 heteroatoms. The van der Waals surface area contributed by atoms with Crippen LogP contribution in [-0.4, -0.2) is 60.1 Å². The molecule has 0 bridgehead atoms. The van der Waals surface area contributed by atoms with Crippen molar-refractivity contribution in [3.05, 3.63) is 27.7 Å². The van der Waals surface area contributed by atoms with Gasteiger partial charge in [0.05, 0.1) is 6.61 Å². The van der Waals surface area contributed by atoms with Crippen LogP contribution in [0.4, 0.5) is 0 Å². The van der Waals surface area contributed by atoms with E-state index in [1.165, 1.54) is 6.07 Å². The lowest BCUT2D eigenvalue weighted by Crippen LogP contribution is -2.37. The molecular weight excluding hydrogens is 342 g/mol. The smallest absolute Gasteiger partial charge is 0.259 e. The van der Waals surface area contributed by atoms with Crippen LogP contribution in [-0.2, 0) is 13.0 Å². The SMILES string of the molecule is CC(C)COc1cc(=O)n2c(c1C(=O)N1CCCN(C)CC1)CCCCC2. The van der Waals surface area contributed by atoms with Gasteiger partial charge < -0.3 is 19.1 Å². The van der Waals surface area contributed by atoms with Crippen molar-refractivity contribution in [3.8, 4) is 5.75 Å². The highest BCUT2D eigenvalue weighted by atomic mass is 16.5. The number of rotatable bonds is 4. The van der Waals surface area contributed by atoms with Gasteiger partial charge in [0.2, 0.25) is 0 Å². The van der Waals surface area contributed by atoms with Gasteiger partial charge in [-0.15, -0.1) is 0 Å². The number of aromatic nitrogens is 1. The van der Waals surface area contributed by atoms with Crippen molar-refractivity contribution in [2.75, 3.05) is 39.8 Å². The summed E-state index contributed by atoms with van der Waals surface area (Å²) in [4.78, 5) is 30.4. The van der Waals surface area contributed by atoms with Gasteiger partial charge >= 0.3 is 0 Å². The lowest BCUT2D eigenvalue weighted by molar-refractivity contribution is 0.0755. The summed E-state index contributed by atoms with van der Waals surface area (Å²) in [5.41, 5.74) is 1.46. The molecule has 2 aliphatic heterocycles. The van der Waals surface area contributed by atoms with E-state index in [0.717, 1.165) is 64.0 Å². The van der Waals surface area contributed by atoms with Gasteiger partial charge in [0.15, 0.2) is 0 Å². The molecule has 0 N–H and O–H groups in total. The maximum absolute atomic E-state index is 13.5. The predicted molar refractivity (Wildman–Crippen MR) is 107 cm³/mol. The average Bonchev–Trinajstić information content (AvgIpc) is 3.00. The molecule has 1 fully saturated rings. The third-order valence-corrected chi connectivity index (χ3v) is 5.47. The van der Waals surface area contributed by atoms with Gasteiger partial charge in [-0.25, -0.2) is 0 Å². The fraction of sp³-hybridized carbons (Fsp3) is 0.714. The number of carbonyl (C=O) groups is 1. The molecule has 0 aromatic carbocycles. The Morgan fingerprint density at radius 2 is 1.89 bits per heavy atom. The van der Waals surface area contributed by atoms with Gasteiger partial charge in [-0.05, 0) is 45.2 Å². The fourth-order valence-corrected chi connectivity index (χ4v) is 3.92. The van der Waals surface area contributed by atoms with E-state index in [1.807, 2.05) is 9.47 Å². The summed E-state index contributed by atoms with van der Waals surface area (Å²) in [7, 11) is 2.10. The molecule has 0 atom stereocenters. The van der Waals surface area contributed by atoms with Gasteiger partial charge in [-0.1, -0.05) is 20.3 Å². The Kier molecular flexibility index (Phi) is 6.58. The number of hydrogen-bond acceptors (Lipinski definition) is 4. The average molecular weight is 376 g/mol. The van der Waals surface area contributed by atoms with Gasteiger partial charge in [0.25, 0.3) is 11.5 Å². The van der Waals surface area contributed by atoms with E-state index >= 15 is 0 Å². The molecule has 6 nitrogen and oxygen atoms in total. The first kappa shape index (κ1) is 19.9. The predicted octanol–water partition coefficient (Wildman–Crippen LogP) is 2.39. The first-order chi connectivity index (χ1) is 13.0. The van der Waals surface area contributed by atoms with Crippen LogP contribution >= 0.6 is 0 Å². The number of likely N-dealkylation sites (N-methyl/N-ethyl adjacent to an activating group) is 1. The first-order valence-electron chi connectivity index (χ1n) is 10.3. The number of pyridine rings is 1. The lowest BCUT2D eigenvalue weighted by Gasteiger charge is -2.25. The van der Waals surface area contributed by atoms with Crippen molar-refractivity contribution in [1.29, 1.82) is 0 Å². The summed E-state index contributed by atoms with van der Waals surface area (Å²) in [5, 5.41) is 0. The molecule has 0 radical (unpaired) electrons. The van der Waals surface area contributed by atoms with E-state index in [-0.39, 0.29) is 11.5 Å². The number of hydrogen-bond donors (Lipinski definition) is 0. The third kappa shape index (κ3) is 4.72. The van der Waals surface area contributed by atoms with Gasteiger partial charge in [0.1, 0.15) is 11.3 Å². The van der Waals surface area contributed by atoms with Crippen LogP contribution < -0.4 is 10.3 Å². The molecule has 1 aromatic heterocycles. The van der Waals surface area contributed by atoms with E-state index in [2.05, 4.69) is 25.8 Å². The molecule has 27 heavy (non-hydrogen) atoms. The Morgan fingerprint density at radius 3 is 2.67 bits per heavy atom. The van der Waals surface area contributed by atoms with Crippen LogP contribution in [0.25, 0.3) is 0 Å². The van der Waals surface area contributed by atoms with Crippen LogP contribution in [0.1, 0.15) is 55.6 Å². The van der Waals surface area contributed by atoms with Crippen LogP contribution in [0.5, 0.6) is 5.75 Å². The summed E-state index contributed by atoms with van der Waals surface area (Å²) < 4.78 is 7.79. The zero-order chi connectivity index (χ0) is 19.4. The zero-order valence-corrected chi connectivity index (χ0v) is 17.0. The topological polar surface area (TPSA) is 54.8 Å².